The SMILES string of the molecule is CCOc1cc(C(C)=O)c(CC(=O)OC)cc1OC. The van der Waals surface area contributed by atoms with E-state index >= 15 is 0 Å². The maximum absolute atomic E-state index is 11.6. The van der Waals surface area contributed by atoms with Crippen LogP contribution >= 0.6 is 0 Å². The molecule has 0 fully saturated rings. The molecule has 1 aromatic rings. The molecule has 0 aliphatic carbocycles. The van der Waals surface area contributed by atoms with Gasteiger partial charge in [-0.1, -0.05) is 0 Å². The minimum atomic E-state index is -0.409. The van der Waals surface area contributed by atoms with Crippen LogP contribution in [0.5, 0.6) is 11.5 Å². The molecule has 0 bridgehead atoms. The summed E-state index contributed by atoms with van der Waals surface area (Å²) in [5.74, 6) is 0.436. The zero-order chi connectivity index (χ0) is 14.4. The summed E-state index contributed by atoms with van der Waals surface area (Å²) in [5.41, 5.74) is 1.01. The third kappa shape index (κ3) is 3.71. The molecule has 104 valence electrons. The third-order valence-corrected chi connectivity index (χ3v) is 2.63. The van der Waals surface area contributed by atoms with E-state index in [1.165, 1.54) is 21.1 Å². The number of rotatable bonds is 6. The van der Waals surface area contributed by atoms with Gasteiger partial charge in [0.25, 0.3) is 0 Å². The van der Waals surface area contributed by atoms with Gasteiger partial charge in [0.05, 0.1) is 27.2 Å². The molecule has 0 unspecified atom stereocenters. The number of methoxy groups -OCH3 is 2. The van der Waals surface area contributed by atoms with E-state index < -0.39 is 5.97 Å². The molecular formula is C14H18O5. The maximum atomic E-state index is 11.6. The van der Waals surface area contributed by atoms with Crippen molar-refractivity contribution in [1.82, 2.24) is 0 Å². The number of carbonyl (C=O) groups is 2. The van der Waals surface area contributed by atoms with Gasteiger partial charge in [0, 0.05) is 5.56 Å². The van der Waals surface area contributed by atoms with E-state index in [0.29, 0.717) is 29.2 Å². The van der Waals surface area contributed by atoms with Crippen LogP contribution in [0.25, 0.3) is 0 Å². The van der Waals surface area contributed by atoms with Crippen LogP contribution in [0.3, 0.4) is 0 Å². The van der Waals surface area contributed by atoms with Crippen LogP contribution < -0.4 is 9.47 Å². The quantitative estimate of drug-likeness (QED) is 0.582. The summed E-state index contributed by atoms with van der Waals surface area (Å²) in [6.45, 7) is 3.75. The molecule has 0 aromatic heterocycles. The lowest BCUT2D eigenvalue weighted by atomic mass is 10.0. The number of hydrogen-bond donors (Lipinski definition) is 0. The Kier molecular flexibility index (Phi) is 5.36. The number of esters is 1. The standard InChI is InChI=1S/C14H18O5/c1-5-19-13-8-11(9(2)15)10(6-12(13)17-3)7-14(16)18-4/h6,8H,5,7H2,1-4H3. The van der Waals surface area contributed by atoms with Crippen molar-refractivity contribution in [2.45, 2.75) is 20.3 Å². The van der Waals surface area contributed by atoms with Crippen LogP contribution in [0.2, 0.25) is 0 Å². The molecule has 0 amide bonds. The average molecular weight is 266 g/mol. The van der Waals surface area contributed by atoms with E-state index in [9.17, 15) is 9.59 Å². The van der Waals surface area contributed by atoms with Gasteiger partial charge in [0.2, 0.25) is 0 Å². The first kappa shape index (κ1) is 15.0. The Morgan fingerprint density at radius 2 is 1.84 bits per heavy atom. The van der Waals surface area contributed by atoms with Crippen molar-refractivity contribution in [2.75, 3.05) is 20.8 Å². The zero-order valence-corrected chi connectivity index (χ0v) is 11.6. The molecule has 0 aliphatic rings. The van der Waals surface area contributed by atoms with Crippen LogP contribution in [-0.2, 0) is 16.0 Å². The molecule has 0 radical (unpaired) electrons. The summed E-state index contributed by atoms with van der Waals surface area (Å²) < 4.78 is 15.2. The van der Waals surface area contributed by atoms with E-state index in [2.05, 4.69) is 4.74 Å². The number of benzene rings is 1. The predicted molar refractivity (Wildman–Crippen MR) is 69.9 cm³/mol. The molecule has 1 rings (SSSR count). The highest BCUT2D eigenvalue weighted by atomic mass is 16.5. The van der Waals surface area contributed by atoms with Crippen LogP contribution in [0.15, 0.2) is 12.1 Å². The van der Waals surface area contributed by atoms with E-state index in [4.69, 9.17) is 9.47 Å². The van der Waals surface area contributed by atoms with Crippen molar-refractivity contribution in [1.29, 1.82) is 0 Å². The fourth-order valence-electron chi connectivity index (χ4n) is 1.73. The largest absolute Gasteiger partial charge is 0.493 e. The number of ether oxygens (including phenoxy) is 3. The van der Waals surface area contributed by atoms with Gasteiger partial charge >= 0.3 is 5.97 Å². The molecule has 1 aromatic carbocycles. The van der Waals surface area contributed by atoms with Gasteiger partial charge in [-0.3, -0.25) is 9.59 Å². The van der Waals surface area contributed by atoms with Crippen LogP contribution in [-0.4, -0.2) is 32.6 Å². The lowest BCUT2D eigenvalue weighted by molar-refractivity contribution is -0.139. The van der Waals surface area contributed by atoms with Gasteiger partial charge in [-0.05, 0) is 31.5 Å². The molecule has 0 aliphatic heterocycles. The maximum Gasteiger partial charge on any atom is 0.310 e. The van der Waals surface area contributed by atoms with Gasteiger partial charge in [-0.15, -0.1) is 0 Å². The second-order valence-corrected chi connectivity index (χ2v) is 3.90. The first-order valence-corrected chi connectivity index (χ1v) is 5.94. The van der Waals surface area contributed by atoms with Crippen molar-refractivity contribution in [3.63, 3.8) is 0 Å². The van der Waals surface area contributed by atoms with Crippen molar-refractivity contribution < 1.29 is 23.8 Å². The molecule has 19 heavy (non-hydrogen) atoms. The first-order valence-electron chi connectivity index (χ1n) is 5.94. The zero-order valence-electron chi connectivity index (χ0n) is 11.6. The van der Waals surface area contributed by atoms with Gasteiger partial charge in [0.15, 0.2) is 17.3 Å². The molecule has 5 nitrogen and oxygen atoms in total. The van der Waals surface area contributed by atoms with Gasteiger partial charge in [-0.25, -0.2) is 0 Å². The molecular weight excluding hydrogens is 248 g/mol. The topological polar surface area (TPSA) is 61.8 Å². The summed E-state index contributed by atoms with van der Waals surface area (Å²) >= 11 is 0. The molecule has 0 saturated carbocycles. The van der Waals surface area contributed by atoms with E-state index in [1.807, 2.05) is 6.92 Å². The van der Waals surface area contributed by atoms with Gasteiger partial charge in [-0.2, -0.15) is 0 Å². The smallest absolute Gasteiger partial charge is 0.310 e. The van der Waals surface area contributed by atoms with E-state index in [-0.39, 0.29) is 12.2 Å². The minimum absolute atomic E-state index is 0.0220. The van der Waals surface area contributed by atoms with E-state index in [1.54, 1.807) is 12.1 Å². The molecule has 0 spiro atoms. The summed E-state index contributed by atoms with van der Waals surface area (Å²) in [6.07, 6.45) is 0.0220. The Morgan fingerprint density at radius 3 is 2.32 bits per heavy atom. The Hall–Kier alpha value is -2.04. The molecule has 0 heterocycles. The molecule has 0 atom stereocenters. The van der Waals surface area contributed by atoms with Crippen molar-refractivity contribution in [3.05, 3.63) is 23.3 Å². The summed E-state index contributed by atoms with van der Waals surface area (Å²) in [6, 6.07) is 3.24. The Bertz CT molecular complexity index is 479. The number of carbonyl (C=O) groups excluding carboxylic acids is 2. The minimum Gasteiger partial charge on any atom is -0.493 e. The Labute approximate surface area is 112 Å². The highest BCUT2D eigenvalue weighted by molar-refractivity contribution is 5.97. The van der Waals surface area contributed by atoms with Crippen LogP contribution in [0.4, 0.5) is 0 Å². The summed E-state index contributed by atoms with van der Waals surface area (Å²) in [5, 5.41) is 0. The fraction of sp³-hybridized carbons (Fsp3) is 0.429. The third-order valence-electron chi connectivity index (χ3n) is 2.63. The Balaban J connectivity index is 3.27. The number of hydrogen-bond acceptors (Lipinski definition) is 5. The second-order valence-electron chi connectivity index (χ2n) is 3.90. The van der Waals surface area contributed by atoms with Crippen LogP contribution in [0.1, 0.15) is 29.8 Å². The monoisotopic (exact) mass is 266 g/mol. The second kappa shape index (κ2) is 6.78. The van der Waals surface area contributed by atoms with Crippen molar-refractivity contribution in [2.24, 2.45) is 0 Å². The number of ketones is 1. The van der Waals surface area contributed by atoms with Crippen molar-refractivity contribution in [3.8, 4) is 11.5 Å². The van der Waals surface area contributed by atoms with Gasteiger partial charge < -0.3 is 14.2 Å². The molecule has 0 N–H and O–H groups in total. The highest BCUT2D eigenvalue weighted by Crippen LogP contribution is 2.31. The van der Waals surface area contributed by atoms with Gasteiger partial charge in [0.1, 0.15) is 0 Å². The molecule has 5 heteroatoms. The predicted octanol–water partition coefficient (Wildman–Crippen LogP) is 2.01. The average Bonchev–Trinajstić information content (AvgIpc) is 2.39. The summed E-state index contributed by atoms with van der Waals surface area (Å²) in [4.78, 5) is 23.0. The summed E-state index contributed by atoms with van der Waals surface area (Å²) in [7, 11) is 2.81. The normalized spacial score (nSPS) is 9.89. The lowest BCUT2D eigenvalue weighted by Crippen LogP contribution is -2.10. The molecule has 0 saturated heterocycles. The Morgan fingerprint density at radius 1 is 1.16 bits per heavy atom. The van der Waals surface area contributed by atoms with E-state index in [0.717, 1.165) is 0 Å². The lowest BCUT2D eigenvalue weighted by Gasteiger charge is -2.14. The first-order chi connectivity index (χ1) is 9.03. The number of Topliss-reactive ketones (excluding diaryl/α,β-unsaturated/α-hetero) is 1. The fourth-order valence-corrected chi connectivity index (χ4v) is 1.73. The van der Waals surface area contributed by atoms with Crippen molar-refractivity contribution >= 4 is 11.8 Å². The van der Waals surface area contributed by atoms with Crippen LogP contribution in [0, 0.1) is 0 Å². The highest BCUT2D eigenvalue weighted by Gasteiger charge is 2.17.